The molecule has 0 amide bonds. The van der Waals surface area contributed by atoms with Gasteiger partial charge in [0.2, 0.25) is 0 Å². The van der Waals surface area contributed by atoms with Crippen molar-refractivity contribution in [2.75, 3.05) is 0 Å². The van der Waals surface area contributed by atoms with Crippen LogP contribution in [-0.2, 0) is 0 Å². The molecule has 1 aromatic rings. The zero-order valence-corrected chi connectivity index (χ0v) is 5.77. The number of rotatable bonds is 1. The molecule has 0 fully saturated rings. The van der Waals surface area contributed by atoms with E-state index in [0.29, 0.717) is 11.8 Å². The summed E-state index contributed by atoms with van der Waals surface area (Å²) >= 11 is 0. The van der Waals surface area contributed by atoms with Crippen LogP contribution in [0.15, 0.2) is 24.3 Å². The fraction of sp³-hybridized carbons (Fsp3) is 0. The van der Waals surface area contributed by atoms with Gasteiger partial charge in [0.25, 0.3) is 0 Å². The van der Waals surface area contributed by atoms with Crippen LogP contribution in [0, 0.1) is 11.8 Å². The minimum Gasteiger partial charge on any atom is -0.507 e. The third-order valence-electron chi connectivity index (χ3n) is 1.06. The Hall–Kier alpha value is -1.82. The normalized spacial score (nSPS) is 7.45. The first-order valence-electron chi connectivity index (χ1n) is 2.83. The number of benzene rings is 1. The van der Waals surface area contributed by atoms with E-state index in [1.807, 2.05) is 0 Å². The van der Waals surface area contributed by atoms with Gasteiger partial charge in [0.15, 0.2) is 6.29 Å². The molecule has 1 aromatic carbocycles. The molecule has 0 spiro atoms. The van der Waals surface area contributed by atoms with Crippen molar-refractivity contribution >= 4 is 6.29 Å². The van der Waals surface area contributed by atoms with Crippen molar-refractivity contribution in [3.8, 4) is 12.3 Å². The third-order valence-corrected chi connectivity index (χ3v) is 1.06. The minimum absolute atomic E-state index is 0.0347. The standard InChI is InChI=1S/C7H6O2.CHN/c8-5-6-3-1-2-4-7(6)9;1-2/h1-5,9H;1H. The van der Waals surface area contributed by atoms with Crippen LogP contribution in [-0.4, -0.2) is 11.4 Å². The average molecular weight is 149 g/mol. The zero-order chi connectivity index (χ0) is 8.69. The van der Waals surface area contributed by atoms with Gasteiger partial charge in [-0.2, -0.15) is 0 Å². The molecule has 0 bridgehead atoms. The number of hydrogen-bond donors (Lipinski definition) is 1. The molecule has 0 aliphatic rings. The Labute approximate surface area is 64.5 Å². The molecule has 3 nitrogen and oxygen atoms in total. The van der Waals surface area contributed by atoms with Crippen LogP contribution in [0.4, 0.5) is 0 Å². The maximum absolute atomic E-state index is 10.1. The van der Waals surface area contributed by atoms with Crippen molar-refractivity contribution in [1.29, 1.82) is 5.26 Å². The van der Waals surface area contributed by atoms with Gasteiger partial charge in [-0.1, -0.05) is 12.1 Å². The molecule has 0 aliphatic carbocycles. The topological polar surface area (TPSA) is 61.1 Å². The minimum atomic E-state index is 0.0347. The van der Waals surface area contributed by atoms with Crippen LogP contribution >= 0.6 is 0 Å². The highest BCUT2D eigenvalue weighted by molar-refractivity contribution is 5.78. The van der Waals surface area contributed by atoms with Gasteiger partial charge in [-0.3, -0.25) is 4.79 Å². The van der Waals surface area contributed by atoms with Crippen LogP contribution in [0.5, 0.6) is 5.75 Å². The first-order chi connectivity index (χ1) is 5.34. The predicted molar refractivity (Wildman–Crippen MR) is 40.2 cm³/mol. The maximum Gasteiger partial charge on any atom is 0.153 e. The summed E-state index contributed by atoms with van der Waals surface area (Å²) in [5, 5.41) is 15.4. The molecule has 0 heterocycles. The second-order valence-corrected chi connectivity index (χ2v) is 1.68. The Kier molecular flexibility index (Phi) is 4.18. The van der Waals surface area contributed by atoms with Crippen molar-refractivity contribution in [3.63, 3.8) is 0 Å². The highest BCUT2D eigenvalue weighted by atomic mass is 16.3. The summed E-state index contributed by atoms with van der Waals surface area (Å²) in [6.45, 7) is 3.50. The summed E-state index contributed by atoms with van der Waals surface area (Å²) < 4.78 is 0. The molecule has 0 radical (unpaired) electrons. The lowest BCUT2D eigenvalue weighted by molar-refractivity contribution is 0.112. The smallest absolute Gasteiger partial charge is 0.153 e. The number of carbonyl (C=O) groups is 1. The van der Waals surface area contributed by atoms with Crippen molar-refractivity contribution in [2.45, 2.75) is 0 Å². The monoisotopic (exact) mass is 149 g/mol. The third kappa shape index (κ3) is 2.50. The number of para-hydroxylation sites is 1. The molecule has 0 aliphatic heterocycles. The van der Waals surface area contributed by atoms with Crippen molar-refractivity contribution < 1.29 is 9.90 Å². The van der Waals surface area contributed by atoms with Gasteiger partial charge < -0.3 is 5.11 Å². The fourth-order valence-corrected chi connectivity index (χ4v) is 0.587. The van der Waals surface area contributed by atoms with E-state index in [9.17, 15) is 4.79 Å². The largest absolute Gasteiger partial charge is 0.507 e. The maximum atomic E-state index is 10.1. The summed E-state index contributed by atoms with van der Waals surface area (Å²) in [6.07, 6.45) is 0.620. The Morgan fingerprint density at radius 1 is 1.36 bits per heavy atom. The van der Waals surface area contributed by atoms with Gasteiger partial charge in [0.05, 0.1) is 5.56 Å². The lowest BCUT2D eigenvalue weighted by Crippen LogP contribution is -1.77. The van der Waals surface area contributed by atoms with Crippen LogP contribution in [0.3, 0.4) is 0 Å². The van der Waals surface area contributed by atoms with E-state index in [1.165, 1.54) is 6.07 Å². The van der Waals surface area contributed by atoms with Gasteiger partial charge in [0, 0.05) is 6.57 Å². The number of hydrogen-bond acceptors (Lipinski definition) is 3. The van der Waals surface area contributed by atoms with Crippen molar-refractivity contribution in [2.24, 2.45) is 0 Å². The molecule has 0 aromatic heterocycles. The number of nitrogens with zero attached hydrogens (tertiary/aromatic N) is 1. The Morgan fingerprint density at radius 2 is 1.91 bits per heavy atom. The van der Waals surface area contributed by atoms with Gasteiger partial charge in [-0.05, 0) is 12.1 Å². The molecule has 1 rings (SSSR count). The van der Waals surface area contributed by atoms with Crippen LogP contribution in [0.1, 0.15) is 10.4 Å². The highest BCUT2D eigenvalue weighted by Crippen LogP contribution is 2.11. The lowest BCUT2D eigenvalue weighted by atomic mass is 10.2. The highest BCUT2D eigenvalue weighted by Gasteiger charge is 1.93. The molecule has 56 valence electrons. The van der Waals surface area contributed by atoms with E-state index in [0.717, 1.165) is 0 Å². The van der Waals surface area contributed by atoms with Crippen molar-refractivity contribution in [3.05, 3.63) is 29.8 Å². The number of phenolic OH excluding ortho intramolecular Hbond substituents is 1. The fourth-order valence-electron chi connectivity index (χ4n) is 0.587. The first-order valence-corrected chi connectivity index (χ1v) is 2.83. The zero-order valence-electron chi connectivity index (χ0n) is 5.77. The van der Waals surface area contributed by atoms with E-state index in [1.54, 1.807) is 18.2 Å². The van der Waals surface area contributed by atoms with E-state index in [-0.39, 0.29) is 5.75 Å². The summed E-state index contributed by atoms with van der Waals surface area (Å²) in [7, 11) is 0. The van der Waals surface area contributed by atoms with Gasteiger partial charge in [0.1, 0.15) is 5.75 Å². The molecule has 11 heavy (non-hydrogen) atoms. The molecule has 0 saturated carbocycles. The quantitative estimate of drug-likeness (QED) is 0.613. The Morgan fingerprint density at radius 3 is 2.27 bits per heavy atom. The lowest BCUT2D eigenvalue weighted by Gasteiger charge is -1.91. The average Bonchev–Trinajstić information content (AvgIpc) is 2.09. The molecule has 3 heteroatoms. The van der Waals surface area contributed by atoms with E-state index >= 15 is 0 Å². The second kappa shape index (κ2) is 5.00. The van der Waals surface area contributed by atoms with E-state index in [4.69, 9.17) is 10.4 Å². The first kappa shape index (κ1) is 9.18. The summed E-state index contributed by atoms with van der Waals surface area (Å²) in [5.74, 6) is 0.0347. The predicted octanol–water partition coefficient (Wildman–Crippen LogP) is 1.34. The molecular formula is C8H7NO2. The summed E-state index contributed by atoms with van der Waals surface area (Å²) in [5.41, 5.74) is 0.331. The molecule has 0 unspecified atom stereocenters. The van der Waals surface area contributed by atoms with Gasteiger partial charge in [-0.15, -0.1) is 0 Å². The molecule has 0 atom stereocenters. The van der Waals surface area contributed by atoms with E-state index < -0.39 is 0 Å². The number of phenols is 1. The van der Waals surface area contributed by atoms with Crippen LogP contribution in [0.2, 0.25) is 0 Å². The molecule has 1 N–H and O–H groups in total. The summed E-state index contributed by atoms with van der Waals surface area (Å²) in [6, 6.07) is 6.40. The van der Waals surface area contributed by atoms with Crippen LogP contribution < -0.4 is 0 Å². The summed E-state index contributed by atoms with van der Waals surface area (Å²) in [4.78, 5) is 10.1. The Balaban J connectivity index is 0.000000461. The van der Waals surface area contributed by atoms with Gasteiger partial charge in [-0.25, -0.2) is 5.26 Å². The number of aromatic hydroxyl groups is 1. The molecular weight excluding hydrogens is 142 g/mol. The Bertz CT molecular complexity index is 255. The number of aldehydes is 1. The van der Waals surface area contributed by atoms with Gasteiger partial charge >= 0.3 is 0 Å². The van der Waals surface area contributed by atoms with E-state index in [2.05, 4.69) is 6.57 Å². The van der Waals surface area contributed by atoms with Crippen molar-refractivity contribution in [1.82, 2.24) is 0 Å². The number of nitriles is 1. The number of carbonyl (C=O) groups excluding carboxylic acids is 1. The van der Waals surface area contributed by atoms with Crippen LogP contribution in [0.25, 0.3) is 0 Å². The second-order valence-electron chi connectivity index (χ2n) is 1.68. The molecule has 0 saturated heterocycles. The SMILES string of the molecule is C#N.O=Cc1ccccc1O.